The Balaban J connectivity index is 1.23. The third kappa shape index (κ3) is 3.67. The highest BCUT2D eigenvalue weighted by Crippen LogP contribution is 2.39. The number of amides is 2. The molecule has 29 heavy (non-hydrogen) atoms. The Hall–Kier alpha value is -2.65. The first-order chi connectivity index (χ1) is 14.2. The van der Waals surface area contributed by atoms with Crippen molar-refractivity contribution in [3.05, 3.63) is 34.3 Å². The predicted octanol–water partition coefficient (Wildman–Crippen LogP) is 2.45. The summed E-state index contributed by atoms with van der Waals surface area (Å²) >= 11 is 1.43. The van der Waals surface area contributed by atoms with Gasteiger partial charge in [0.15, 0.2) is 16.6 Å². The van der Waals surface area contributed by atoms with E-state index >= 15 is 0 Å². The van der Waals surface area contributed by atoms with Crippen LogP contribution in [0.25, 0.3) is 0 Å². The van der Waals surface area contributed by atoms with Gasteiger partial charge in [0, 0.05) is 23.6 Å². The summed E-state index contributed by atoms with van der Waals surface area (Å²) in [5.74, 6) is 0.640. The predicted molar refractivity (Wildman–Crippen MR) is 106 cm³/mol. The fourth-order valence-electron chi connectivity index (χ4n) is 3.89. The molecule has 0 saturated carbocycles. The zero-order chi connectivity index (χ0) is 19.8. The van der Waals surface area contributed by atoms with Gasteiger partial charge in [-0.05, 0) is 43.9 Å². The maximum absolute atomic E-state index is 12.6. The van der Waals surface area contributed by atoms with E-state index in [1.807, 2.05) is 0 Å². The maximum Gasteiger partial charge on any atom is 0.257 e. The van der Waals surface area contributed by atoms with Gasteiger partial charge in [-0.2, -0.15) is 0 Å². The number of hydrogen-bond acceptors (Lipinski definition) is 7. The van der Waals surface area contributed by atoms with Crippen LogP contribution in [0.1, 0.15) is 46.1 Å². The zero-order valence-corrected chi connectivity index (χ0v) is 16.5. The molecule has 1 aliphatic carbocycles. The number of nitrogens with one attached hydrogen (secondary N) is 2. The van der Waals surface area contributed by atoms with Crippen LogP contribution in [0.15, 0.2) is 18.2 Å². The van der Waals surface area contributed by atoms with Crippen LogP contribution < -0.4 is 20.1 Å². The molecule has 1 fully saturated rings. The van der Waals surface area contributed by atoms with E-state index in [0.717, 1.165) is 42.9 Å². The molecule has 0 spiro atoms. The molecule has 2 atom stereocenters. The van der Waals surface area contributed by atoms with Gasteiger partial charge in [-0.25, -0.2) is 4.98 Å². The summed E-state index contributed by atoms with van der Waals surface area (Å²) in [5, 5.41) is 6.34. The lowest BCUT2D eigenvalue weighted by molar-refractivity contribution is -0.123. The average Bonchev–Trinajstić information content (AvgIpc) is 3.49. The number of hydrogen-bond donors (Lipinski definition) is 2. The molecule has 1 aromatic carbocycles. The van der Waals surface area contributed by atoms with Gasteiger partial charge in [-0.15, -0.1) is 11.3 Å². The van der Waals surface area contributed by atoms with Gasteiger partial charge in [0.05, 0.1) is 17.7 Å². The second-order valence-corrected chi connectivity index (χ2v) is 8.40. The molecule has 8 nitrogen and oxygen atoms in total. The summed E-state index contributed by atoms with van der Waals surface area (Å²) in [4.78, 5) is 30.8. The van der Waals surface area contributed by atoms with E-state index in [-0.39, 0.29) is 30.6 Å². The molecule has 9 heteroatoms. The fourth-order valence-corrected chi connectivity index (χ4v) is 4.92. The van der Waals surface area contributed by atoms with E-state index < -0.39 is 0 Å². The van der Waals surface area contributed by atoms with E-state index in [0.29, 0.717) is 28.7 Å². The second kappa shape index (κ2) is 7.64. The van der Waals surface area contributed by atoms with E-state index in [1.54, 1.807) is 18.2 Å². The Bertz CT molecular complexity index is 954. The van der Waals surface area contributed by atoms with Gasteiger partial charge in [0.25, 0.3) is 5.91 Å². The largest absolute Gasteiger partial charge is 0.454 e. The molecular formula is C20H21N3O5S. The molecule has 3 aliphatic rings. The van der Waals surface area contributed by atoms with Crippen molar-refractivity contribution in [2.45, 2.75) is 37.7 Å². The van der Waals surface area contributed by atoms with Gasteiger partial charge in [0.2, 0.25) is 12.7 Å². The maximum atomic E-state index is 12.6. The number of aryl methyl sites for hydroxylation is 1. The van der Waals surface area contributed by atoms with Crippen molar-refractivity contribution in [1.29, 1.82) is 0 Å². The Morgan fingerprint density at radius 3 is 2.97 bits per heavy atom. The van der Waals surface area contributed by atoms with Crippen molar-refractivity contribution in [3.8, 4) is 11.5 Å². The first kappa shape index (κ1) is 18.4. The number of ether oxygens (including phenoxy) is 3. The van der Waals surface area contributed by atoms with Gasteiger partial charge in [-0.1, -0.05) is 0 Å². The van der Waals surface area contributed by atoms with Crippen molar-refractivity contribution < 1.29 is 23.8 Å². The molecule has 152 valence electrons. The lowest BCUT2D eigenvalue weighted by atomic mass is 10.1. The molecule has 2 aliphatic heterocycles. The second-order valence-electron chi connectivity index (χ2n) is 7.32. The van der Waals surface area contributed by atoms with Gasteiger partial charge in [0.1, 0.15) is 0 Å². The summed E-state index contributed by atoms with van der Waals surface area (Å²) < 4.78 is 16.2. The number of aromatic nitrogens is 1. The number of carbonyl (C=O) groups excluding carboxylic acids is 2. The van der Waals surface area contributed by atoms with Crippen LogP contribution in [0, 0.1) is 0 Å². The molecule has 0 bridgehead atoms. The molecular weight excluding hydrogens is 394 g/mol. The van der Waals surface area contributed by atoms with Crippen LogP contribution in [0.5, 0.6) is 11.5 Å². The summed E-state index contributed by atoms with van der Waals surface area (Å²) in [6.45, 7) is 1.48. The topological polar surface area (TPSA) is 98.8 Å². The lowest BCUT2D eigenvalue weighted by Crippen LogP contribution is -2.34. The summed E-state index contributed by atoms with van der Waals surface area (Å²) in [7, 11) is 0. The molecule has 3 heterocycles. The summed E-state index contributed by atoms with van der Waals surface area (Å²) in [6.07, 6.45) is 3.70. The number of benzene rings is 1. The number of thiazole rings is 1. The molecule has 0 radical (unpaired) electrons. The van der Waals surface area contributed by atoms with E-state index in [1.165, 1.54) is 11.3 Å². The Labute approximate surface area is 171 Å². The lowest BCUT2D eigenvalue weighted by Gasteiger charge is -2.14. The molecule has 2 amide bonds. The monoisotopic (exact) mass is 415 g/mol. The number of anilines is 1. The highest BCUT2D eigenvalue weighted by Gasteiger charge is 2.33. The number of rotatable bonds is 5. The first-order valence-corrected chi connectivity index (χ1v) is 10.6. The standard InChI is InChI=1S/C20H21N3O5S/c24-18(11-3-5-14-15(8-11)28-10-27-14)23-20-22-17-13(4-6-16(17)29-20)19(25)21-9-12-2-1-7-26-12/h3,5,8,12-13H,1-2,4,6-7,9-10H2,(H,21,25)(H,22,23,24). The molecule has 2 unspecified atom stereocenters. The van der Waals surface area contributed by atoms with Crippen LogP contribution in [0.3, 0.4) is 0 Å². The Morgan fingerprint density at radius 2 is 2.10 bits per heavy atom. The zero-order valence-electron chi connectivity index (χ0n) is 15.7. The van der Waals surface area contributed by atoms with Crippen LogP contribution in [-0.2, 0) is 16.0 Å². The van der Waals surface area contributed by atoms with Crippen molar-refractivity contribution >= 4 is 28.3 Å². The first-order valence-electron chi connectivity index (χ1n) is 9.77. The quantitative estimate of drug-likeness (QED) is 0.778. The number of carbonyl (C=O) groups is 2. The minimum absolute atomic E-state index is 0.0156. The minimum atomic E-state index is -0.268. The van der Waals surface area contributed by atoms with Gasteiger partial charge in [-0.3, -0.25) is 14.9 Å². The molecule has 1 aromatic heterocycles. The van der Waals surface area contributed by atoms with Crippen molar-refractivity contribution in [1.82, 2.24) is 10.3 Å². The minimum Gasteiger partial charge on any atom is -0.454 e. The smallest absolute Gasteiger partial charge is 0.257 e. The molecule has 2 N–H and O–H groups in total. The van der Waals surface area contributed by atoms with Crippen molar-refractivity contribution in [3.63, 3.8) is 0 Å². The van der Waals surface area contributed by atoms with Crippen molar-refractivity contribution in [2.24, 2.45) is 0 Å². The number of nitrogens with zero attached hydrogens (tertiary/aromatic N) is 1. The van der Waals surface area contributed by atoms with Crippen LogP contribution in [-0.4, -0.2) is 42.8 Å². The van der Waals surface area contributed by atoms with E-state index in [4.69, 9.17) is 14.2 Å². The van der Waals surface area contributed by atoms with Gasteiger partial charge >= 0.3 is 0 Å². The highest BCUT2D eigenvalue weighted by atomic mass is 32.1. The Kier molecular flexibility index (Phi) is 4.84. The molecule has 1 saturated heterocycles. The Morgan fingerprint density at radius 1 is 1.21 bits per heavy atom. The van der Waals surface area contributed by atoms with Crippen molar-refractivity contribution in [2.75, 3.05) is 25.3 Å². The SMILES string of the molecule is O=C(Nc1nc2c(s1)CCC2C(=O)NCC1CCCO1)c1ccc2c(c1)OCO2. The van der Waals surface area contributed by atoms with Crippen LogP contribution >= 0.6 is 11.3 Å². The van der Waals surface area contributed by atoms with Gasteiger partial charge < -0.3 is 19.5 Å². The van der Waals surface area contributed by atoms with Crippen LogP contribution in [0.4, 0.5) is 5.13 Å². The molecule has 5 rings (SSSR count). The third-order valence-corrected chi connectivity index (χ3v) is 6.46. The average molecular weight is 415 g/mol. The van der Waals surface area contributed by atoms with Crippen LogP contribution in [0.2, 0.25) is 0 Å². The normalized spacial score (nSPS) is 21.8. The fraction of sp³-hybridized carbons (Fsp3) is 0.450. The highest BCUT2D eigenvalue weighted by molar-refractivity contribution is 7.16. The molecule has 2 aromatic rings. The number of fused-ring (bicyclic) bond motifs is 2. The van der Waals surface area contributed by atoms with E-state index in [9.17, 15) is 9.59 Å². The summed E-state index contributed by atoms with van der Waals surface area (Å²) in [5.41, 5.74) is 1.25. The van der Waals surface area contributed by atoms with E-state index in [2.05, 4.69) is 15.6 Å². The summed E-state index contributed by atoms with van der Waals surface area (Å²) in [6, 6.07) is 5.05. The third-order valence-electron chi connectivity index (χ3n) is 5.42.